The van der Waals surface area contributed by atoms with Crippen LogP contribution in [-0.4, -0.2) is 27.4 Å². The molecule has 1 aliphatic rings. The van der Waals surface area contributed by atoms with Gasteiger partial charge in [0.1, 0.15) is 13.7 Å². The molecule has 21 heavy (non-hydrogen) atoms. The minimum absolute atomic E-state index is 0.628. The first-order valence-electron chi connectivity index (χ1n) is 7.29. The molecule has 0 amide bonds. The number of aromatic nitrogens is 4. The average molecular weight is 277 g/mol. The van der Waals surface area contributed by atoms with Crippen LogP contribution >= 0.6 is 0 Å². The largest absolute Gasteiger partial charge is 0.366 e. The Morgan fingerprint density at radius 3 is 3.00 bits per heavy atom. The number of fused-ring (bicyclic) bond motifs is 1. The van der Waals surface area contributed by atoms with Crippen LogP contribution in [0, 0.1) is 0 Å². The molecule has 0 atom stereocenters. The third-order valence-corrected chi connectivity index (χ3v) is 3.86. The summed E-state index contributed by atoms with van der Waals surface area (Å²) in [6.45, 7) is 0.732. The highest BCUT2D eigenvalue weighted by atomic mass is 15.3. The zero-order chi connectivity index (χ0) is 14.2. The van der Waals surface area contributed by atoms with Crippen molar-refractivity contribution in [3.63, 3.8) is 0 Å². The van der Waals surface area contributed by atoms with Gasteiger partial charge in [-0.1, -0.05) is 6.07 Å². The molecule has 0 aromatic carbocycles. The predicted molar refractivity (Wildman–Crippen MR) is 84.7 cm³/mol. The van der Waals surface area contributed by atoms with Crippen molar-refractivity contribution >= 4 is 24.8 Å². The quantitative estimate of drug-likeness (QED) is 0.719. The fraction of sp³-hybridized carbons (Fsp3) is 0.267. The Morgan fingerprint density at radius 1 is 1.33 bits per heavy atom. The molecular formula is C15H16BN5. The van der Waals surface area contributed by atoms with Crippen LogP contribution in [0.2, 0.25) is 0 Å². The predicted octanol–water partition coefficient (Wildman–Crippen LogP) is 0.872. The van der Waals surface area contributed by atoms with Gasteiger partial charge in [-0.2, -0.15) is 9.61 Å². The molecule has 6 heteroatoms. The Kier molecular flexibility index (Phi) is 2.87. The van der Waals surface area contributed by atoms with Crippen molar-refractivity contribution in [3.05, 3.63) is 48.0 Å². The van der Waals surface area contributed by atoms with Gasteiger partial charge in [-0.15, -0.1) is 0 Å². The summed E-state index contributed by atoms with van der Waals surface area (Å²) in [7, 11) is 2.05. The van der Waals surface area contributed by atoms with Gasteiger partial charge < -0.3 is 5.32 Å². The zero-order valence-corrected chi connectivity index (χ0v) is 12.0. The highest BCUT2D eigenvalue weighted by Gasteiger charge is 2.26. The lowest BCUT2D eigenvalue weighted by Crippen LogP contribution is -2.10. The summed E-state index contributed by atoms with van der Waals surface area (Å²) < 4.78 is 1.89. The van der Waals surface area contributed by atoms with E-state index in [0.29, 0.717) is 5.92 Å². The third-order valence-electron chi connectivity index (χ3n) is 3.86. The van der Waals surface area contributed by atoms with Crippen molar-refractivity contribution < 1.29 is 0 Å². The van der Waals surface area contributed by atoms with Gasteiger partial charge in [0.2, 0.25) is 0 Å². The maximum Gasteiger partial charge on any atom is 0.151 e. The van der Waals surface area contributed by atoms with Crippen LogP contribution in [0.4, 0.5) is 5.82 Å². The molecule has 5 nitrogen and oxygen atoms in total. The van der Waals surface area contributed by atoms with E-state index < -0.39 is 0 Å². The van der Waals surface area contributed by atoms with E-state index in [1.807, 2.05) is 23.0 Å². The molecule has 0 radical (unpaired) electrons. The van der Waals surface area contributed by atoms with Crippen LogP contribution in [0.5, 0.6) is 0 Å². The number of anilines is 1. The van der Waals surface area contributed by atoms with E-state index in [1.54, 1.807) is 6.20 Å². The second kappa shape index (κ2) is 4.88. The van der Waals surface area contributed by atoms with Gasteiger partial charge in [-0.3, -0.25) is 4.98 Å². The van der Waals surface area contributed by atoms with E-state index in [-0.39, 0.29) is 0 Å². The summed E-state index contributed by atoms with van der Waals surface area (Å²) in [5.41, 5.74) is 4.40. The highest BCUT2D eigenvalue weighted by molar-refractivity contribution is 6.36. The van der Waals surface area contributed by atoms with Gasteiger partial charge in [0.05, 0.1) is 0 Å². The third kappa shape index (κ3) is 2.37. The summed E-state index contributed by atoms with van der Waals surface area (Å²) in [5.74, 6) is 1.63. The summed E-state index contributed by atoms with van der Waals surface area (Å²) in [4.78, 5) is 8.90. The lowest BCUT2D eigenvalue weighted by molar-refractivity contribution is 0.898. The fourth-order valence-electron chi connectivity index (χ4n) is 2.50. The molecule has 1 fully saturated rings. The molecular weight excluding hydrogens is 261 g/mol. The number of pyridine rings is 1. The second-order valence-electron chi connectivity index (χ2n) is 5.62. The number of rotatable bonds is 4. The van der Waals surface area contributed by atoms with Gasteiger partial charge >= 0.3 is 0 Å². The van der Waals surface area contributed by atoms with E-state index in [0.717, 1.165) is 29.0 Å². The van der Waals surface area contributed by atoms with Gasteiger partial charge in [-0.05, 0) is 29.9 Å². The van der Waals surface area contributed by atoms with E-state index >= 15 is 0 Å². The van der Waals surface area contributed by atoms with Crippen molar-refractivity contribution in [1.29, 1.82) is 0 Å². The Labute approximate surface area is 123 Å². The van der Waals surface area contributed by atoms with E-state index in [2.05, 4.69) is 35.4 Å². The Hall–Kier alpha value is -2.37. The smallest absolute Gasteiger partial charge is 0.151 e. The van der Waals surface area contributed by atoms with Gasteiger partial charge in [0, 0.05) is 42.8 Å². The lowest BCUT2D eigenvalue weighted by Gasteiger charge is -2.10. The van der Waals surface area contributed by atoms with E-state index in [1.165, 1.54) is 18.5 Å². The van der Waals surface area contributed by atoms with Crippen LogP contribution in [0.15, 0.2) is 36.8 Å². The molecule has 3 aromatic heterocycles. The maximum absolute atomic E-state index is 4.76. The minimum Gasteiger partial charge on any atom is -0.366 e. The first-order chi connectivity index (χ1) is 10.3. The van der Waals surface area contributed by atoms with Gasteiger partial charge in [-0.25, -0.2) is 4.98 Å². The standard InChI is InChI=1S/C15H16BN5/c16-12-9-19-21-14(18-8-10-2-1-5-17-7-10)6-13(11-3-4-11)20-15(12)21/h1-2,5-7,9,11,18H,3-4,8,16H2. The number of nitrogens with one attached hydrogen (secondary N) is 1. The van der Waals surface area contributed by atoms with Crippen LogP contribution in [0.3, 0.4) is 0 Å². The molecule has 3 heterocycles. The molecule has 1 saturated carbocycles. The molecule has 1 N–H and O–H groups in total. The lowest BCUT2D eigenvalue weighted by atomic mass is 10.0. The summed E-state index contributed by atoms with van der Waals surface area (Å²) in [6.07, 6.45) is 8.03. The molecule has 0 saturated heterocycles. The molecule has 104 valence electrons. The van der Waals surface area contributed by atoms with Crippen LogP contribution in [-0.2, 0) is 6.54 Å². The average Bonchev–Trinajstić information content (AvgIpc) is 3.31. The Bertz CT molecular complexity index is 779. The Balaban J connectivity index is 1.69. The minimum atomic E-state index is 0.628. The van der Waals surface area contributed by atoms with Crippen LogP contribution in [0.1, 0.15) is 30.0 Å². The molecule has 0 aliphatic heterocycles. The molecule has 4 rings (SSSR count). The van der Waals surface area contributed by atoms with Crippen molar-refractivity contribution in [2.75, 3.05) is 5.32 Å². The first-order valence-corrected chi connectivity index (χ1v) is 7.29. The van der Waals surface area contributed by atoms with Crippen molar-refractivity contribution in [1.82, 2.24) is 19.6 Å². The topological polar surface area (TPSA) is 55.1 Å². The highest BCUT2D eigenvalue weighted by Crippen LogP contribution is 2.39. The van der Waals surface area contributed by atoms with Crippen molar-refractivity contribution in [3.8, 4) is 0 Å². The fourth-order valence-corrected chi connectivity index (χ4v) is 2.50. The second-order valence-corrected chi connectivity index (χ2v) is 5.62. The summed E-state index contributed by atoms with van der Waals surface area (Å²) in [5, 5.41) is 7.89. The van der Waals surface area contributed by atoms with Gasteiger partial charge in [0.25, 0.3) is 0 Å². The molecule has 1 aliphatic carbocycles. The van der Waals surface area contributed by atoms with E-state index in [9.17, 15) is 0 Å². The Morgan fingerprint density at radius 2 is 2.24 bits per heavy atom. The normalized spacial score (nSPS) is 14.5. The molecule has 3 aromatic rings. The molecule has 0 spiro atoms. The molecule has 0 bridgehead atoms. The zero-order valence-electron chi connectivity index (χ0n) is 12.0. The van der Waals surface area contributed by atoms with Crippen LogP contribution < -0.4 is 10.8 Å². The van der Waals surface area contributed by atoms with Crippen molar-refractivity contribution in [2.24, 2.45) is 0 Å². The van der Waals surface area contributed by atoms with E-state index in [4.69, 9.17) is 4.98 Å². The van der Waals surface area contributed by atoms with Crippen LogP contribution in [0.25, 0.3) is 5.65 Å². The van der Waals surface area contributed by atoms with Gasteiger partial charge in [0.15, 0.2) is 5.65 Å². The first kappa shape index (κ1) is 12.4. The SMILES string of the molecule is Bc1cnn2c(NCc3cccnc3)cc(C3CC3)nc12. The molecule has 0 unspecified atom stereocenters. The number of hydrogen-bond donors (Lipinski definition) is 1. The maximum atomic E-state index is 4.76. The summed E-state index contributed by atoms with van der Waals surface area (Å²) >= 11 is 0. The monoisotopic (exact) mass is 277 g/mol. The number of nitrogens with zero attached hydrogens (tertiary/aromatic N) is 4. The summed E-state index contributed by atoms with van der Waals surface area (Å²) in [6, 6.07) is 6.15. The van der Waals surface area contributed by atoms with Crippen molar-refractivity contribution in [2.45, 2.75) is 25.3 Å². The number of hydrogen-bond acceptors (Lipinski definition) is 4.